The average Bonchev–Trinajstić information content (AvgIpc) is 2.75. The third-order valence-corrected chi connectivity index (χ3v) is 4.16. The summed E-state index contributed by atoms with van der Waals surface area (Å²) in [6, 6.07) is 3.53. The molecule has 0 bridgehead atoms. The Bertz CT molecular complexity index is 386. The zero-order valence-corrected chi connectivity index (χ0v) is 10.5. The smallest absolute Gasteiger partial charge is 0.215 e. The van der Waals surface area contributed by atoms with Crippen LogP contribution in [0.2, 0.25) is 0 Å². The van der Waals surface area contributed by atoms with Crippen LogP contribution in [0.15, 0.2) is 22.8 Å². The molecule has 6 heteroatoms. The fourth-order valence-electron chi connectivity index (χ4n) is 1.34. The van der Waals surface area contributed by atoms with E-state index >= 15 is 0 Å². The minimum atomic E-state index is -3.20. The predicted molar refractivity (Wildman–Crippen MR) is 62.5 cm³/mol. The molecule has 0 aromatic carbocycles. The van der Waals surface area contributed by atoms with Gasteiger partial charge in [-0.1, -0.05) is 6.92 Å². The van der Waals surface area contributed by atoms with Crippen molar-refractivity contribution in [1.82, 2.24) is 9.62 Å². The van der Waals surface area contributed by atoms with Crippen LogP contribution in [0, 0.1) is 0 Å². The van der Waals surface area contributed by atoms with Crippen molar-refractivity contribution >= 4 is 10.0 Å². The van der Waals surface area contributed by atoms with E-state index in [9.17, 15) is 8.42 Å². The van der Waals surface area contributed by atoms with Crippen LogP contribution in [-0.4, -0.2) is 38.6 Å². The van der Waals surface area contributed by atoms with Crippen molar-refractivity contribution in [1.29, 1.82) is 0 Å². The summed E-state index contributed by atoms with van der Waals surface area (Å²) in [5.74, 6) is 0.771. The molecule has 0 unspecified atom stereocenters. The summed E-state index contributed by atoms with van der Waals surface area (Å²) in [5.41, 5.74) is 0. The van der Waals surface area contributed by atoms with E-state index in [1.165, 1.54) is 4.31 Å². The van der Waals surface area contributed by atoms with Gasteiger partial charge in [0.1, 0.15) is 5.76 Å². The SMILES string of the molecule is CCN(Cc1ccco1)S(=O)(=O)CCNC. The molecule has 0 fully saturated rings. The molecule has 0 saturated carbocycles. The van der Waals surface area contributed by atoms with Crippen LogP contribution in [0.4, 0.5) is 0 Å². The molecule has 0 saturated heterocycles. The number of sulfonamides is 1. The summed E-state index contributed by atoms with van der Waals surface area (Å²) >= 11 is 0. The summed E-state index contributed by atoms with van der Waals surface area (Å²) in [5, 5.41) is 2.83. The van der Waals surface area contributed by atoms with Crippen LogP contribution < -0.4 is 5.32 Å². The van der Waals surface area contributed by atoms with E-state index in [1.807, 2.05) is 6.92 Å². The molecule has 1 aromatic rings. The molecule has 1 rings (SSSR count). The minimum absolute atomic E-state index is 0.109. The third kappa shape index (κ3) is 3.62. The van der Waals surface area contributed by atoms with Gasteiger partial charge in [-0.05, 0) is 19.2 Å². The van der Waals surface area contributed by atoms with Crippen LogP contribution in [-0.2, 0) is 16.6 Å². The minimum Gasteiger partial charge on any atom is -0.468 e. The lowest BCUT2D eigenvalue weighted by atomic mass is 10.4. The second-order valence-corrected chi connectivity index (χ2v) is 5.51. The van der Waals surface area contributed by atoms with Crippen molar-refractivity contribution in [2.75, 3.05) is 25.9 Å². The van der Waals surface area contributed by atoms with E-state index in [-0.39, 0.29) is 5.75 Å². The molecule has 0 atom stereocenters. The van der Waals surface area contributed by atoms with E-state index in [2.05, 4.69) is 5.32 Å². The van der Waals surface area contributed by atoms with Gasteiger partial charge in [0.15, 0.2) is 0 Å². The van der Waals surface area contributed by atoms with Crippen LogP contribution in [0.5, 0.6) is 0 Å². The largest absolute Gasteiger partial charge is 0.468 e. The van der Waals surface area contributed by atoms with Gasteiger partial charge >= 0.3 is 0 Å². The zero-order valence-electron chi connectivity index (χ0n) is 9.64. The Hall–Kier alpha value is -0.850. The van der Waals surface area contributed by atoms with E-state index in [0.717, 1.165) is 0 Å². The topological polar surface area (TPSA) is 62.6 Å². The van der Waals surface area contributed by atoms with Gasteiger partial charge in [0.05, 0.1) is 18.6 Å². The summed E-state index contributed by atoms with van der Waals surface area (Å²) in [6.45, 7) is 3.03. The van der Waals surface area contributed by atoms with Crippen molar-refractivity contribution in [2.24, 2.45) is 0 Å². The summed E-state index contributed by atoms with van der Waals surface area (Å²) in [4.78, 5) is 0. The van der Waals surface area contributed by atoms with Crippen molar-refractivity contribution in [3.63, 3.8) is 0 Å². The molecule has 92 valence electrons. The molecule has 0 amide bonds. The van der Waals surface area contributed by atoms with Gasteiger partial charge in [-0.25, -0.2) is 8.42 Å². The number of nitrogens with zero attached hydrogens (tertiary/aromatic N) is 1. The first-order valence-electron chi connectivity index (χ1n) is 5.25. The maximum atomic E-state index is 11.9. The highest BCUT2D eigenvalue weighted by Gasteiger charge is 2.20. The van der Waals surface area contributed by atoms with Crippen LogP contribution in [0.3, 0.4) is 0 Å². The van der Waals surface area contributed by atoms with E-state index < -0.39 is 10.0 Å². The Kier molecular flexibility index (Phi) is 4.98. The van der Waals surface area contributed by atoms with E-state index in [0.29, 0.717) is 25.4 Å². The molecule has 0 spiro atoms. The summed E-state index contributed by atoms with van der Waals surface area (Å²) in [6.07, 6.45) is 1.55. The molecular weight excluding hydrogens is 228 g/mol. The number of furan rings is 1. The maximum Gasteiger partial charge on any atom is 0.215 e. The lowest BCUT2D eigenvalue weighted by molar-refractivity contribution is 0.375. The first kappa shape index (κ1) is 13.2. The summed E-state index contributed by atoms with van der Waals surface area (Å²) in [7, 11) is -1.47. The Balaban J connectivity index is 2.66. The lowest BCUT2D eigenvalue weighted by Gasteiger charge is -2.19. The molecule has 1 aromatic heterocycles. The maximum absolute atomic E-state index is 11.9. The Morgan fingerprint density at radius 3 is 2.75 bits per heavy atom. The molecule has 0 aliphatic carbocycles. The first-order chi connectivity index (χ1) is 7.60. The van der Waals surface area contributed by atoms with Crippen LogP contribution >= 0.6 is 0 Å². The fourth-order valence-corrected chi connectivity index (χ4v) is 2.78. The van der Waals surface area contributed by atoms with Gasteiger partial charge in [-0.2, -0.15) is 4.31 Å². The second kappa shape index (κ2) is 6.03. The third-order valence-electron chi connectivity index (χ3n) is 2.27. The normalized spacial score (nSPS) is 12.2. The van der Waals surface area contributed by atoms with Gasteiger partial charge < -0.3 is 9.73 Å². The van der Waals surface area contributed by atoms with Gasteiger partial charge in [-0.15, -0.1) is 0 Å². The number of nitrogens with one attached hydrogen (secondary N) is 1. The Morgan fingerprint density at radius 1 is 1.50 bits per heavy atom. The fraction of sp³-hybridized carbons (Fsp3) is 0.600. The molecule has 5 nitrogen and oxygen atoms in total. The van der Waals surface area contributed by atoms with E-state index in [4.69, 9.17) is 4.42 Å². The molecule has 0 aliphatic rings. The summed E-state index contributed by atoms with van der Waals surface area (Å²) < 4.78 is 30.3. The van der Waals surface area contributed by atoms with Crippen molar-refractivity contribution in [3.8, 4) is 0 Å². The van der Waals surface area contributed by atoms with Crippen molar-refractivity contribution < 1.29 is 12.8 Å². The van der Waals surface area contributed by atoms with Crippen LogP contribution in [0.1, 0.15) is 12.7 Å². The first-order valence-corrected chi connectivity index (χ1v) is 6.86. The Labute approximate surface area is 96.5 Å². The second-order valence-electron chi connectivity index (χ2n) is 3.43. The lowest BCUT2D eigenvalue weighted by Crippen LogP contribution is -2.35. The van der Waals surface area contributed by atoms with E-state index in [1.54, 1.807) is 25.4 Å². The van der Waals surface area contributed by atoms with Crippen LogP contribution in [0.25, 0.3) is 0 Å². The van der Waals surface area contributed by atoms with Crippen molar-refractivity contribution in [2.45, 2.75) is 13.5 Å². The highest BCUT2D eigenvalue weighted by atomic mass is 32.2. The highest BCUT2D eigenvalue weighted by molar-refractivity contribution is 7.89. The quantitative estimate of drug-likeness (QED) is 0.767. The molecule has 1 N–H and O–H groups in total. The monoisotopic (exact) mass is 246 g/mol. The Morgan fingerprint density at radius 2 is 2.25 bits per heavy atom. The average molecular weight is 246 g/mol. The van der Waals surface area contributed by atoms with Gasteiger partial charge in [0.2, 0.25) is 10.0 Å². The molecular formula is C10H18N2O3S. The predicted octanol–water partition coefficient (Wildman–Crippen LogP) is 0.651. The highest BCUT2D eigenvalue weighted by Crippen LogP contribution is 2.09. The van der Waals surface area contributed by atoms with Gasteiger partial charge in [-0.3, -0.25) is 0 Å². The number of hydrogen-bond acceptors (Lipinski definition) is 4. The van der Waals surface area contributed by atoms with Gasteiger partial charge in [0.25, 0.3) is 0 Å². The standard InChI is InChI=1S/C10H18N2O3S/c1-3-12(9-10-5-4-7-15-10)16(13,14)8-6-11-2/h4-5,7,11H,3,6,8-9H2,1-2H3. The number of rotatable bonds is 7. The van der Waals surface area contributed by atoms with Crippen molar-refractivity contribution in [3.05, 3.63) is 24.2 Å². The number of hydrogen-bond donors (Lipinski definition) is 1. The zero-order chi connectivity index (χ0) is 12.0. The molecule has 16 heavy (non-hydrogen) atoms. The van der Waals surface area contributed by atoms with Gasteiger partial charge in [0, 0.05) is 13.1 Å². The molecule has 0 aliphatic heterocycles. The molecule has 1 heterocycles. The molecule has 0 radical (unpaired) electrons.